The monoisotopic (exact) mass is 576 g/mol. The third-order valence-electron chi connectivity index (χ3n) is 6.07. The molecule has 0 spiro atoms. The Morgan fingerprint density at radius 3 is 2.36 bits per heavy atom. The van der Waals surface area contributed by atoms with Crippen LogP contribution < -0.4 is 15.5 Å². The van der Waals surface area contributed by atoms with Crippen LogP contribution >= 0.6 is 24.0 Å². The number of nitrogens with one attached hydrogen (secondary N) is 2. The summed E-state index contributed by atoms with van der Waals surface area (Å²) < 4.78 is 13.1. The highest BCUT2D eigenvalue weighted by molar-refractivity contribution is 14.0. The largest absolute Gasteiger partial charge is 0.368 e. The molecular formula is C24H42FIN6O. The quantitative estimate of drug-likeness (QED) is 0.241. The highest BCUT2D eigenvalue weighted by atomic mass is 127. The van der Waals surface area contributed by atoms with Gasteiger partial charge in [-0.1, -0.05) is 13.8 Å². The maximum Gasteiger partial charge on any atom is 0.224 e. The number of nitrogens with zero attached hydrogens (tertiary/aromatic N) is 4. The maximum atomic E-state index is 13.1. The molecule has 9 heteroatoms. The zero-order chi connectivity index (χ0) is 23.3. The summed E-state index contributed by atoms with van der Waals surface area (Å²) >= 11 is 0. The van der Waals surface area contributed by atoms with E-state index in [2.05, 4.69) is 46.2 Å². The van der Waals surface area contributed by atoms with Crippen molar-refractivity contribution >= 4 is 41.5 Å². The second kappa shape index (κ2) is 16.1. The van der Waals surface area contributed by atoms with Gasteiger partial charge in [-0.3, -0.25) is 9.79 Å². The normalized spacial score (nSPS) is 15.3. The van der Waals surface area contributed by atoms with E-state index in [1.165, 1.54) is 12.1 Å². The van der Waals surface area contributed by atoms with E-state index < -0.39 is 0 Å². The van der Waals surface area contributed by atoms with E-state index in [4.69, 9.17) is 0 Å². The van der Waals surface area contributed by atoms with Crippen molar-refractivity contribution in [3.8, 4) is 0 Å². The van der Waals surface area contributed by atoms with Crippen LogP contribution in [0.15, 0.2) is 29.3 Å². The molecule has 1 fully saturated rings. The van der Waals surface area contributed by atoms with E-state index in [0.717, 1.165) is 57.2 Å². The van der Waals surface area contributed by atoms with Gasteiger partial charge in [-0.15, -0.1) is 24.0 Å². The van der Waals surface area contributed by atoms with Gasteiger partial charge in [0, 0.05) is 57.9 Å². The van der Waals surface area contributed by atoms with Crippen molar-refractivity contribution < 1.29 is 9.18 Å². The lowest BCUT2D eigenvalue weighted by molar-refractivity contribution is -0.131. The number of hydrogen-bond acceptors (Lipinski definition) is 4. The van der Waals surface area contributed by atoms with Crippen LogP contribution in [0.3, 0.4) is 0 Å². The topological polar surface area (TPSA) is 63.2 Å². The van der Waals surface area contributed by atoms with E-state index in [0.29, 0.717) is 32.1 Å². The van der Waals surface area contributed by atoms with Crippen LogP contribution in [-0.2, 0) is 4.79 Å². The lowest BCUT2D eigenvalue weighted by Gasteiger charge is -2.36. The van der Waals surface area contributed by atoms with Gasteiger partial charge in [0.05, 0.1) is 0 Å². The summed E-state index contributed by atoms with van der Waals surface area (Å²) in [7, 11) is 1.76. The lowest BCUT2D eigenvalue weighted by atomic mass is 10.2. The molecule has 1 saturated heterocycles. The number of benzene rings is 1. The molecule has 1 heterocycles. The van der Waals surface area contributed by atoms with E-state index in [1.807, 2.05) is 4.90 Å². The fourth-order valence-electron chi connectivity index (χ4n) is 3.97. The Balaban J connectivity index is 0.00000544. The molecule has 0 radical (unpaired) electrons. The molecule has 0 bridgehead atoms. The van der Waals surface area contributed by atoms with Crippen LogP contribution in [0.2, 0.25) is 0 Å². The van der Waals surface area contributed by atoms with E-state index in [9.17, 15) is 9.18 Å². The molecule has 1 aromatic rings. The summed E-state index contributed by atoms with van der Waals surface area (Å²) in [6.07, 6.45) is 2.66. The molecule has 1 amide bonds. The Bertz CT molecular complexity index is 705. The summed E-state index contributed by atoms with van der Waals surface area (Å²) in [6, 6.07) is 6.86. The minimum absolute atomic E-state index is 0. The third-order valence-corrected chi connectivity index (χ3v) is 6.07. The Morgan fingerprint density at radius 2 is 1.79 bits per heavy atom. The predicted octanol–water partition coefficient (Wildman–Crippen LogP) is 3.16. The van der Waals surface area contributed by atoms with Gasteiger partial charge in [0.2, 0.25) is 5.91 Å². The predicted molar refractivity (Wildman–Crippen MR) is 146 cm³/mol. The van der Waals surface area contributed by atoms with Crippen LogP contribution in [0.1, 0.15) is 40.0 Å². The first-order valence-electron chi connectivity index (χ1n) is 11.9. The first-order chi connectivity index (χ1) is 15.5. The van der Waals surface area contributed by atoms with Gasteiger partial charge in [-0.25, -0.2) is 4.39 Å². The average molecular weight is 577 g/mol. The van der Waals surface area contributed by atoms with Gasteiger partial charge in [0.1, 0.15) is 5.82 Å². The summed E-state index contributed by atoms with van der Waals surface area (Å²) in [5.74, 6) is 0.668. The second-order valence-electron chi connectivity index (χ2n) is 8.31. The smallest absolute Gasteiger partial charge is 0.224 e. The number of guanidine groups is 1. The number of carbonyl (C=O) groups is 1. The van der Waals surface area contributed by atoms with Crippen LogP contribution in [0.5, 0.6) is 0 Å². The minimum Gasteiger partial charge on any atom is -0.368 e. The molecule has 188 valence electrons. The van der Waals surface area contributed by atoms with Crippen molar-refractivity contribution in [2.75, 3.05) is 64.3 Å². The van der Waals surface area contributed by atoms with Gasteiger partial charge < -0.3 is 25.3 Å². The molecule has 1 aliphatic heterocycles. The van der Waals surface area contributed by atoms with Crippen molar-refractivity contribution in [1.82, 2.24) is 20.4 Å². The fourth-order valence-corrected chi connectivity index (χ4v) is 3.97. The standard InChI is InChI=1S/C24H41FN6O.HI/c1-5-29(6-2)15-7-8-20(3)28-24(26-4)27-14-13-23(32)31-18-16-30(17-19-31)22-11-9-21(25)10-12-22;/h9-12,20H,5-8,13-19H2,1-4H3,(H2,26,27,28);1H. The number of halogens is 2. The van der Waals surface area contributed by atoms with Gasteiger partial charge in [-0.05, 0) is 63.7 Å². The number of piperazine rings is 1. The van der Waals surface area contributed by atoms with Crippen molar-refractivity contribution in [3.05, 3.63) is 30.1 Å². The van der Waals surface area contributed by atoms with E-state index >= 15 is 0 Å². The zero-order valence-electron chi connectivity index (χ0n) is 20.6. The summed E-state index contributed by atoms with van der Waals surface area (Å²) in [4.78, 5) is 23.4. The second-order valence-corrected chi connectivity index (χ2v) is 8.31. The van der Waals surface area contributed by atoms with Gasteiger partial charge >= 0.3 is 0 Å². The average Bonchev–Trinajstić information content (AvgIpc) is 2.81. The molecule has 1 aromatic carbocycles. The lowest BCUT2D eigenvalue weighted by Crippen LogP contribution is -2.49. The van der Waals surface area contributed by atoms with Crippen molar-refractivity contribution in [1.29, 1.82) is 0 Å². The molecule has 7 nitrogen and oxygen atoms in total. The van der Waals surface area contributed by atoms with Crippen molar-refractivity contribution in [2.45, 2.75) is 46.1 Å². The highest BCUT2D eigenvalue weighted by Gasteiger charge is 2.21. The first-order valence-corrected chi connectivity index (χ1v) is 11.9. The number of hydrogen-bond donors (Lipinski definition) is 2. The van der Waals surface area contributed by atoms with Gasteiger partial charge in [0.15, 0.2) is 5.96 Å². The molecular weight excluding hydrogens is 534 g/mol. The summed E-state index contributed by atoms with van der Waals surface area (Å²) in [5, 5.41) is 6.69. The van der Waals surface area contributed by atoms with Gasteiger partial charge in [0.25, 0.3) is 0 Å². The molecule has 1 aliphatic rings. The van der Waals surface area contributed by atoms with Crippen molar-refractivity contribution in [3.63, 3.8) is 0 Å². The Labute approximate surface area is 216 Å². The molecule has 0 saturated carbocycles. The van der Waals surface area contributed by atoms with Crippen LogP contribution in [0, 0.1) is 5.82 Å². The Hall–Kier alpha value is -1.62. The summed E-state index contributed by atoms with van der Waals surface area (Å²) in [6.45, 7) is 13.3. The molecule has 0 aromatic heterocycles. The fraction of sp³-hybridized carbons (Fsp3) is 0.667. The zero-order valence-corrected chi connectivity index (χ0v) is 23.0. The molecule has 33 heavy (non-hydrogen) atoms. The molecule has 1 atom stereocenters. The number of carbonyl (C=O) groups excluding carboxylic acids is 1. The van der Waals surface area contributed by atoms with Crippen LogP contribution in [0.4, 0.5) is 10.1 Å². The molecule has 2 N–H and O–H groups in total. The number of aliphatic imine (C=N–C) groups is 1. The first kappa shape index (κ1) is 29.4. The Kier molecular flexibility index (Phi) is 14.3. The van der Waals surface area contributed by atoms with E-state index in [-0.39, 0.29) is 35.7 Å². The van der Waals surface area contributed by atoms with Gasteiger partial charge in [-0.2, -0.15) is 0 Å². The number of rotatable bonds is 11. The third kappa shape index (κ3) is 10.5. The number of amides is 1. The SMILES string of the molecule is CCN(CC)CCCC(C)NC(=NC)NCCC(=O)N1CCN(c2ccc(F)cc2)CC1.I. The van der Waals surface area contributed by atoms with Crippen LogP contribution in [-0.4, -0.2) is 87.1 Å². The van der Waals surface area contributed by atoms with E-state index in [1.54, 1.807) is 19.2 Å². The maximum absolute atomic E-state index is 13.1. The molecule has 0 aliphatic carbocycles. The molecule has 2 rings (SSSR count). The minimum atomic E-state index is -0.228. The highest BCUT2D eigenvalue weighted by Crippen LogP contribution is 2.17. The Morgan fingerprint density at radius 1 is 1.15 bits per heavy atom. The summed E-state index contributed by atoms with van der Waals surface area (Å²) in [5.41, 5.74) is 1.00. The molecule has 1 unspecified atom stereocenters. The number of anilines is 1. The van der Waals surface area contributed by atoms with Crippen LogP contribution in [0.25, 0.3) is 0 Å². The van der Waals surface area contributed by atoms with Crippen molar-refractivity contribution in [2.24, 2.45) is 4.99 Å².